The van der Waals surface area contributed by atoms with Crippen molar-refractivity contribution in [1.29, 1.82) is 0 Å². The summed E-state index contributed by atoms with van der Waals surface area (Å²) in [6.45, 7) is 6.37. The zero-order valence-electron chi connectivity index (χ0n) is 14.6. The molecule has 24 heavy (non-hydrogen) atoms. The highest BCUT2D eigenvalue weighted by Gasteiger charge is 2.35. The molecule has 0 bridgehead atoms. The molecule has 0 radical (unpaired) electrons. The third-order valence-electron chi connectivity index (χ3n) is 4.51. The van der Waals surface area contributed by atoms with Crippen LogP contribution in [0.15, 0.2) is 16.8 Å². The molecule has 5 nitrogen and oxygen atoms in total. The predicted octanol–water partition coefficient (Wildman–Crippen LogP) is 1.92. The molecule has 2 N–H and O–H groups in total. The maximum absolute atomic E-state index is 12.2. The van der Waals surface area contributed by atoms with Crippen molar-refractivity contribution >= 4 is 35.6 Å². The lowest BCUT2D eigenvalue weighted by Crippen LogP contribution is -2.42. The van der Waals surface area contributed by atoms with Crippen LogP contribution in [0.4, 0.5) is 0 Å². The SMILES string of the molecule is CNC(=O)CN1C[C@H](NC(=O)CCc2ccsc2)[C@@H](C(C)C)C1.Cl. The first-order valence-electron chi connectivity index (χ1n) is 8.23. The van der Waals surface area contributed by atoms with Crippen molar-refractivity contribution in [2.24, 2.45) is 11.8 Å². The molecule has 0 spiro atoms. The molecule has 1 saturated heterocycles. The van der Waals surface area contributed by atoms with E-state index >= 15 is 0 Å². The Labute approximate surface area is 154 Å². The summed E-state index contributed by atoms with van der Waals surface area (Å²) in [5.74, 6) is 1.00. The van der Waals surface area contributed by atoms with Crippen molar-refractivity contribution in [1.82, 2.24) is 15.5 Å². The van der Waals surface area contributed by atoms with Crippen molar-refractivity contribution in [3.8, 4) is 0 Å². The number of nitrogens with zero attached hydrogens (tertiary/aromatic N) is 1. The van der Waals surface area contributed by atoms with Crippen molar-refractivity contribution in [2.75, 3.05) is 26.7 Å². The van der Waals surface area contributed by atoms with Gasteiger partial charge in [0.15, 0.2) is 0 Å². The summed E-state index contributed by atoms with van der Waals surface area (Å²) in [6.07, 6.45) is 1.31. The van der Waals surface area contributed by atoms with Gasteiger partial charge in [0.05, 0.1) is 6.54 Å². The van der Waals surface area contributed by atoms with Crippen LogP contribution in [-0.2, 0) is 16.0 Å². The number of aryl methyl sites for hydroxylation is 1. The van der Waals surface area contributed by atoms with Crippen molar-refractivity contribution in [3.05, 3.63) is 22.4 Å². The number of thiophene rings is 1. The van der Waals surface area contributed by atoms with Crippen LogP contribution in [0.1, 0.15) is 25.8 Å². The second-order valence-electron chi connectivity index (χ2n) is 6.58. The highest BCUT2D eigenvalue weighted by molar-refractivity contribution is 7.07. The molecule has 0 saturated carbocycles. The molecule has 2 rings (SSSR count). The van der Waals surface area contributed by atoms with E-state index in [-0.39, 0.29) is 30.3 Å². The Morgan fingerprint density at radius 3 is 2.67 bits per heavy atom. The molecule has 1 aromatic heterocycles. The summed E-state index contributed by atoms with van der Waals surface area (Å²) in [6, 6.07) is 2.20. The van der Waals surface area contributed by atoms with Crippen LogP contribution in [0.25, 0.3) is 0 Å². The first-order valence-corrected chi connectivity index (χ1v) is 9.17. The van der Waals surface area contributed by atoms with Gasteiger partial charge < -0.3 is 10.6 Å². The number of carbonyl (C=O) groups is 2. The van der Waals surface area contributed by atoms with Crippen LogP contribution in [0.5, 0.6) is 0 Å². The van der Waals surface area contributed by atoms with Crippen molar-refractivity contribution in [3.63, 3.8) is 0 Å². The minimum atomic E-state index is 0. The van der Waals surface area contributed by atoms with E-state index in [4.69, 9.17) is 0 Å². The summed E-state index contributed by atoms with van der Waals surface area (Å²) < 4.78 is 0. The molecule has 136 valence electrons. The van der Waals surface area contributed by atoms with Crippen LogP contribution in [0, 0.1) is 11.8 Å². The van der Waals surface area contributed by atoms with Gasteiger partial charge in [-0.3, -0.25) is 14.5 Å². The summed E-state index contributed by atoms with van der Waals surface area (Å²) in [5, 5.41) is 9.97. The van der Waals surface area contributed by atoms with Crippen molar-refractivity contribution < 1.29 is 9.59 Å². The molecule has 1 aliphatic rings. The summed E-state index contributed by atoms with van der Waals surface area (Å²) in [7, 11) is 1.65. The van der Waals surface area contributed by atoms with Crippen LogP contribution >= 0.6 is 23.7 Å². The Kier molecular flexibility index (Phi) is 8.73. The molecule has 1 aliphatic heterocycles. The number of rotatable bonds is 7. The molecule has 7 heteroatoms. The Morgan fingerprint density at radius 1 is 1.33 bits per heavy atom. The van der Waals surface area contributed by atoms with E-state index in [2.05, 4.69) is 40.8 Å². The maximum atomic E-state index is 12.2. The molecule has 2 heterocycles. The van der Waals surface area contributed by atoms with E-state index in [0.29, 0.717) is 24.8 Å². The fraction of sp³-hybridized carbons (Fsp3) is 0.647. The average Bonchev–Trinajstić information content (AvgIpc) is 3.14. The fourth-order valence-corrected chi connectivity index (χ4v) is 3.83. The molecule has 0 unspecified atom stereocenters. The van der Waals surface area contributed by atoms with Crippen molar-refractivity contribution in [2.45, 2.75) is 32.7 Å². The Morgan fingerprint density at radius 2 is 2.08 bits per heavy atom. The minimum Gasteiger partial charge on any atom is -0.358 e. The number of nitrogens with one attached hydrogen (secondary N) is 2. The predicted molar refractivity (Wildman–Crippen MR) is 101 cm³/mol. The zero-order chi connectivity index (χ0) is 16.8. The number of likely N-dealkylation sites (N-methyl/N-ethyl adjacent to an activating group) is 1. The van der Waals surface area contributed by atoms with Crippen LogP contribution in [-0.4, -0.2) is 49.4 Å². The first kappa shape index (κ1) is 20.9. The highest BCUT2D eigenvalue weighted by atomic mass is 35.5. The summed E-state index contributed by atoms with van der Waals surface area (Å²) in [4.78, 5) is 25.9. The van der Waals surface area contributed by atoms with Gasteiger partial charge in [0.1, 0.15) is 0 Å². The second-order valence-corrected chi connectivity index (χ2v) is 7.36. The first-order chi connectivity index (χ1) is 11.0. The number of amides is 2. The number of carbonyl (C=O) groups excluding carboxylic acids is 2. The molecule has 0 aliphatic carbocycles. The van der Waals surface area contributed by atoms with Gasteiger partial charge in [-0.15, -0.1) is 12.4 Å². The number of likely N-dealkylation sites (tertiary alicyclic amines) is 1. The lowest BCUT2D eigenvalue weighted by atomic mass is 9.91. The van der Waals surface area contributed by atoms with Gasteiger partial charge >= 0.3 is 0 Å². The smallest absolute Gasteiger partial charge is 0.233 e. The van der Waals surface area contributed by atoms with E-state index in [0.717, 1.165) is 19.5 Å². The molecule has 1 fully saturated rings. The van der Waals surface area contributed by atoms with Gasteiger partial charge in [0.25, 0.3) is 0 Å². The van der Waals surface area contributed by atoms with E-state index in [1.54, 1.807) is 18.4 Å². The molecular weight excluding hydrogens is 346 g/mol. The van der Waals surface area contributed by atoms with Crippen LogP contribution in [0.2, 0.25) is 0 Å². The topological polar surface area (TPSA) is 61.4 Å². The van der Waals surface area contributed by atoms with Gasteiger partial charge in [-0.2, -0.15) is 11.3 Å². The van der Waals surface area contributed by atoms with Gasteiger partial charge in [-0.05, 0) is 40.6 Å². The van der Waals surface area contributed by atoms with Gasteiger partial charge in [0.2, 0.25) is 11.8 Å². The Bertz CT molecular complexity index is 522. The minimum absolute atomic E-state index is 0. The quantitative estimate of drug-likeness (QED) is 0.767. The maximum Gasteiger partial charge on any atom is 0.233 e. The third kappa shape index (κ3) is 6.07. The molecule has 0 aromatic carbocycles. The summed E-state index contributed by atoms with van der Waals surface area (Å²) >= 11 is 1.66. The van der Waals surface area contributed by atoms with Crippen LogP contribution < -0.4 is 10.6 Å². The van der Waals surface area contributed by atoms with Gasteiger partial charge in [-0.25, -0.2) is 0 Å². The zero-order valence-corrected chi connectivity index (χ0v) is 16.2. The van der Waals surface area contributed by atoms with E-state index in [1.807, 2.05) is 5.38 Å². The second kappa shape index (κ2) is 10.0. The number of hydrogen-bond donors (Lipinski definition) is 2. The monoisotopic (exact) mass is 373 g/mol. The van der Waals surface area contributed by atoms with E-state index < -0.39 is 0 Å². The third-order valence-corrected chi connectivity index (χ3v) is 5.24. The number of hydrogen-bond acceptors (Lipinski definition) is 4. The number of halogens is 1. The molecule has 2 atom stereocenters. The van der Waals surface area contributed by atoms with Crippen LogP contribution in [0.3, 0.4) is 0 Å². The molecule has 2 amide bonds. The molecule has 1 aromatic rings. The average molecular weight is 374 g/mol. The lowest BCUT2D eigenvalue weighted by Gasteiger charge is -2.23. The van der Waals surface area contributed by atoms with Gasteiger partial charge in [-0.1, -0.05) is 13.8 Å². The standard InChI is InChI=1S/C17H27N3O2S.ClH/c1-12(2)14-8-20(10-17(22)18-3)9-15(14)19-16(21)5-4-13-6-7-23-11-13;/h6-7,11-12,14-15H,4-5,8-10H2,1-3H3,(H,18,22)(H,19,21);1H/t14-,15+;/m1./s1. The Balaban J connectivity index is 0.00000288. The highest BCUT2D eigenvalue weighted by Crippen LogP contribution is 2.24. The molecular formula is C17H28ClN3O2S. The van der Waals surface area contributed by atoms with Gasteiger partial charge in [0, 0.05) is 32.6 Å². The van der Waals surface area contributed by atoms with E-state index in [9.17, 15) is 9.59 Å². The lowest BCUT2D eigenvalue weighted by molar-refractivity contribution is -0.122. The summed E-state index contributed by atoms with van der Waals surface area (Å²) in [5.41, 5.74) is 1.22. The normalized spacial score (nSPS) is 20.7. The fourth-order valence-electron chi connectivity index (χ4n) is 3.12. The Hall–Kier alpha value is -1.11. The largest absolute Gasteiger partial charge is 0.358 e. The van der Waals surface area contributed by atoms with E-state index in [1.165, 1.54) is 5.56 Å².